The zero-order valence-electron chi connectivity index (χ0n) is 14.3. The molecule has 0 rings (SSSR count). The largest absolute Gasteiger partial charge is 0.451 e. The van der Waals surface area contributed by atoms with Gasteiger partial charge in [0.05, 0.1) is 6.61 Å². The van der Waals surface area contributed by atoms with E-state index >= 15 is 0 Å². The van der Waals surface area contributed by atoms with Gasteiger partial charge in [-0.05, 0) is 6.92 Å². The molecule has 0 saturated carbocycles. The van der Waals surface area contributed by atoms with Crippen molar-refractivity contribution in [1.82, 2.24) is 0 Å². The maximum atomic E-state index is 11.3. The van der Waals surface area contributed by atoms with Crippen molar-refractivity contribution in [2.75, 3.05) is 6.61 Å². The van der Waals surface area contributed by atoms with E-state index in [1.807, 2.05) is 0 Å². The molecule has 150 valence electrons. The van der Waals surface area contributed by atoms with Crippen molar-refractivity contribution in [3.63, 3.8) is 0 Å². The summed E-state index contributed by atoms with van der Waals surface area (Å²) in [7, 11) is -8.77. The third-order valence-corrected chi connectivity index (χ3v) is 4.40. The second-order valence-electron chi connectivity index (χ2n) is 4.87. The summed E-state index contributed by atoms with van der Waals surface area (Å²) >= 11 is 0. The molecule has 0 spiro atoms. The normalized spacial score (nSPS) is 15.2. The number of nitrogens with two attached hydrogens (primary N) is 2. The van der Waals surface area contributed by atoms with Gasteiger partial charge in [-0.15, -0.1) is 19.7 Å². The third-order valence-electron chi connectivity index (χ3n) is 2.51. The average molecular weight is 414 g/mol. The monoisotopic (exact) mass is 414 g/mol. The first-order chi connectivity index (χ1) is 11.8. The van der Waals surface area contributed by atoms with Crippen LogP contribution in [0, 0.1) is 0 Å². The van der Waals surface area contributed by atoms with Crippen molar-refractivity contribution in [1.29, 1.82) is 0 Å². The second-order valence-corrected chi connectivity index (χ2v) is 8.23. The lowest BCUT2D eigenvalue weighted by Crippen LogP contribution is -2.30. The Morgan fingerprint density at radius 3 is 1.85 bits per heavy atom. The van der Waals surface area contributed by atoms with Gasteiger partial charge < -0.3 is 20.3 Å². The minimum atomic E-state index is -4.56. The lowest BCUT2D eigenvalue weighted by atomic mass is 9.98. The van der Waals surface area contributed by atoms with Crippen molar-refractivity contribution < 1.29 is 42.4 Å². The molecule has 2 atom stereocenters. The van der Waals surface area contributed by atoms with Crippen molar-refractivity contribution in [3.05, 3.63) is 38.0 Å². The Bertz CT molecular complexity index is 611. The Labute approximate surface area is 151 Å². The number of amides is 1. The van der Waals surface area contributed by atoms with Crippen LogP contribution in [0.3, 0.4) is 0 Å². The van der Waals surface area contributed by atoms with E-state index < -0.39 is 32.2 Å². The van der Waals surface area contributed by atoms with Gasteiger partial charge in [-0.3, -0.25) is 9.32 Å². The van der Waals surface area contributed by atoms with E-state index in [0.29, 0.717) is 12.8 Å². The highest BCUT2D eigenvalue weighted by Gasteiger charge is 2.38. The molecule has 2 unspecified atom stereocenters. The standard InChI is InChI=1S/C9H16NO5P.C4H8NO4P/c1-4-6-9(3,7-5-2)14-8(11)16(12,13)15-10;1-2-3-9-10(7,8)4(5)6/h4-5H,1-2,6-7,10H2,3H3,(H,12,13);2H,1,3H2,(H2,5,6)(H,7,8). The van der Waals surface area contributed by atoms with Gasteiger partial charge in [0.2, 0.25) is 0 Å². The molecule has 0 radical (unpaired) electrons. The molecule has 0 aromatic rings. The van der Waals surface area contributed by atoms with Crippen molar-refractivity contribution >= 4 is 26.6 Å². The molecule has 1 amide bonds. The first kappa shape index (κ1) is 26.6. The summed E-state index contributed by atoms with van der Waals surface area (Å²) in [6, 6.07) is 0. The fraction of sp³-hybridized carbons (Fsp3) is 0.385. The van der Waals surface area contributed by atoms with Crippen molar-refractivity contribution in [2.45, 2.75) is 25.4 Å². The molecule has 26 heavy (non-hydrogen) atoms. The smallest absolute Gasteiger partial charge is 0.450 e. The van der Waals surface area contributed by atoms with Gasteiger partial charge in [0.25, 0.3) is 0 Å². The number of carbonyl (C=O) groups excluding carboxylic acids is 2. The van der Waals surface area contributed by atoms with Crippen LogP contribution in [0.2, 0.25) is 0 Å². The predicted molar refractivity (Wildman–Crippen MR) is 95.2 cm³/mol. The number of ether oxygens (including phenoxy) is 1. The summed E-state index contributed by atoms with van der Waals surface area (Å²) in [4.78, 5) is 38.8. The van der Waals surface area contributed by atoms with Gasteiger partial charge in [0.1, 0.15) is 5.60 Å². The maximum absolute atomic E-state index is 11.3. The third kappa shape index (κ3) is 10.4. The maximum Gasteiger partial charge on any atom is 0.451 e. The summed E-state index contributed by atoms with van der Waals surface area (Å²) in [5, 5.41) is 0. The van der Waals surface area contributed by atoms with Crippen LogP contribution in [-0.2, 0) is 23.0 Å². The number of primary amides is 1. The molecule has 0 aromatic heterocycles. The number of carbonyl (C=O) groups is 2. The van der Waals surface area contributed by atoms with Crippen LogP contribution >= 0.6 is 15.2 Å². The van der Waals surface area contributed by atoms with E-state index in [9.17, 15) is 18.7 Å². The average Bonchev–Trinajstić information content (AvgIpc) is 2.53. The van der Waals surface area contributed by atoms with Gasteiger partial charge in [-0.1, -0.05) is 18.2 Å². The van der Waals surface area contributed by atoms with E-state index in [-0.39, 0.29) is 6.61 Å². The van der Waals surface area contributed by atoms with E-state index in [1.54, 1.807) is 6.92 Å². The molecule has 11 nitrogen and oxygen atoms in total. The highest BCUT2D eigenvalue weighted by Crippen LogP contribution is 2.44. The van der Waals surface area contributed by atoms with Crippen LogP contribution in [0.4, 0.5) is 9.59 Å². The van der Waals surface area contributed by atoms with Crippen molar-refractivity contribution in [2.24, 2.45) is 11.6 Å². The molecule has 0 aliphatic heterocycles. The van der Waals surface area contributed by atoms with E-state index in [4.69, 9.17) is 14.5 Å². The number of rotatable bonds is 11. The van der Waals surface area contributed by atoms with Crippen LogP contribution in [0.15, 0.2) is 38.0 Å². The van der Waals surface area contributed by atoms with Crippen LogP contribution in [0.1, 0.15) is 19.8 Å². The molecule has 0 aliphatic rings. The molecule has 0 fully saturated rings. The van der Waals surface area contributed by atoms with Gasteiger partial charge in [0, 0.05) is 12.8 Å². The zero-order valence-corrected chi connectivity index (χ0v) is 16.1. The SMILES string of the molecule is C=CCC(C)(CC=C)OC(=O)P(=O)(O)ON.C=CCOP(=O)(O)C(N)=O. The highest BCUT2D eigenvalue weighted by atomic mass is 31.2. The lowest BCUT2D eigenvalue weighted by Gasteiger charge is -2.27. The topological polar surface area (TPSA) is 188 Å². The minimum Gasteiger partial charge on any atom is -0.450 e. The van der Waals surface area contributed by atoms with Crippen LogP contribution in [0.25, 0.3) is 0 Å². The Balaban J connectivity index is 0. The van der Waals surface area contributed by atoms with Gasteiger partial charge in [-0.2, -0.15) is 0 Å². The molecule has 0 heterocycles. The summed E-state index contributed by atoms with van der Waals surface area (Å²) < 4.78 is 34.3. The van der Waals surface area contributed by atoms with Crippen molar-refractivity contribution in [3.8, 4) is 0 Å². The Kier molecular flexibility index (Phi) is 12.2. The Morgan fingerprint density at radius 1 is 1.08 bits per heavy atom. The Morgan fingerprint density at radius 2 is 1.54 bits per heavy atom. The van der Waals surface area contributed by atoms with Crippen LogP contribution < -0.4 is 11.6 Å². The first-order valence-corrected chi connectivity index (χ1v) is 10.0. The van der Waals surface area contributed by atoms with Gasteiger partial charge in [-0.25, -0.2) is 24.4 Å². The molecule has 0 aliphatic carbocycles. The minimum absolute atomic E-state index is 0.170. The first-order valence-electron chi connectivity index (χ1n) is 6.86. The van der Waals surface area contributed by atoms with Gasteiger partial charge >= 0.3 is 26.6 Å². The molecular formula is C13H24N2O9P2. The Hall–Kier alpha value is -1.58. The molecule has 0 saturated heterocycles. The molecular weight excluding hydrogens is 390 g/mol. The highest BCUT2D eigenvalue weighted by molar-refractivity contribution is 7.70. The number of hydrogen-bond acceptors (Lipinski definition) is 8. The molecule has 6 N–H and O–H groups in total. The fourth-order valence-electron chi connectivity index (χ4n) is 1.31. The number of hydrogen-bond donors (Lipinski definition) is 4. The van der Waals surface area contributed by atoms with E-state index in [0.717, 1.165) is 0 Å². The fourth-order valence-corrected chi connectivity index (χ4v) is 2.16. The summed E-state index contributed by atoms with van der Waals surface area (Å²) in [5.74, 6) is 4.52. The summed E-state index contributed by atoms with van der Waals surface area (Å²) in [6.45, 7) is 11.6. The quantitative estimate of drug-likeness (QED) is 0.222. The summed E-state index contributed by atoms with van der Waals surface area (Å²) in [6.07, 6.45) is 4.93. The van der Waals surface area contributed by atoms with Crippen LogP contribution in [0.5, 0.6) is 0 Å². The molecule has 13 heteroatoms. The lowest BCUT2D eigenvalue weighted by molar-refractivity contribution is 0.0409. The summed E-state index contributed by atoms with van der Waals surface area (Å²) in [5.41, 5.74) is 0.785. The molecule has 0 bridgehead atoms. The van der Waals surface area contributed by atoms with Crippen LogP contribution in [-0.4, -0.2) is 33.4 Å². The predicted octanol–water partition coefficient (Wildman–Crippen LogP) is 2.56. The molecule has 0 aromatic carbocycles. The van der Waals surface area contributed by atoms with E-state index in [1.165, 1.54) is 18.2 Å². The van der Waals surface area contributed by atoms with E-state index in [2.05, 4.69) is 40.5 Å². The zero-order chi connectivity index (χ0) is 21.0. The van der Waals surface area contributed by atoms with Gasteiger partial charge in [0.15, 0.2) is 0 Å². The second kappa shape index (κ2) is 11.9.